The van der Waals surface area contributed by atoms with Crippen LogP contribution in [0.2, 0.25) is 0 Å². The van der Waals surface area contributed by atoms with Crippen LogP contribution in [-0.2, 0) is 17.6 Å². The highest BCUT2D eigenvalue weighted by molar-refractivity contribution is 5.85. The number of carbonyl (C=O) groups excluding carboxylic acids is 1. The zero-order valence-corrected chi connectivity index (χ0v) is 15.6. The smallest absolute Gasteiger partial charge is 0.234 e. The molecule has 5 heteroatoms. The van der Waals surface area contributed by atoms with E-state index in [0.717, 1.165) is 19.6 Å². The molecule has 1 fully saturated rings. The zero-order chi connectivity index (χ0) is 16.2. The second-order valence-electron chi connectivity index (χ2n) is 7.05. The van der Waals surface area contributed by atoms with Crippen LogP contribution in [0, 0.1) is 0 Å². The lowest BCUT2D eigenvalue weighted by atomic mass is 9.89. The van der Waals surface area contributed by atoms with E-state index < -0.39 is 0 Å². The molecule has 2 N–H and O–H groups in total. The Balaban J connectivity index is 0.00000208. The first-order chi connectivity index (χ1) is 11.1. The monoisotopic (exact) mass is 351 g/mol. The summed E-state index contributed by atoms with van der Waals surface area (Å²) in [6, 6.07) is 7.24. The largest absolute Gasteiger partial charge is 0.348 e. The third kappa shape index (κ3) is 4.71. The molecule has 1 aromatic rings. The van der Waals surface area contributed by atoms with Crippen molar-refractivity contribution < 1.29 is 4.79 Å². The molecular weight excluding hydrogens is 322 g/mol. The van der Waals surface area contributed by atoms with Crippen LogP contribution in [0.15, 0.2) is 18.2 Å². The van der Waals surface area contributed by atoms with Crippen LogP contribution in [0.3, 0.4) is 0 Å². The molecule has 0 aromatic heterocycles. The van der Waals surface area contributed by atoms with E-state index in [4.69, 9.17) is 0 Å². The van der Waals surface area contributed by atoms with E-state index in [2.05, 4.69) is 47.6 Å². The van der Waals surface area contributed by atoms with Crippen molar-refractivity contribution in [2.24, 2.45) is 0 Å². The number of piperazine rings is 1. The molecule has 2 aliphatic rings. The molecule has 1 heterocycles. The maximum atomic E-state index is 12.4. The molecule has 1 aliphatic carbocycles. The number of nitrogens with zero attached hydrogens (tertiary/aromatic N) is 1. The number of carbonyl (C=O) groups is 1. The zero-order valence-electron chi connectivity index (χ0n) is 14.8. The normalized spacial score (nSPS) is 22.2. The number of nitrogens with one attached hydrogen (secondary N) is 2. The summed E-state index contributed by atoms with van der Waals surface area (Å²) in [5, 5.41) is 6.53. The van der Waals surface area contributed by atoms with Crippen LogP contribution in [0.5, 0.6) is 0 Å². The van der Waals surface area contributed by atoms with E-state index in [1.165, 1.54) is 42.4 Å². The number of aryl methyl sites for hydroxylation is 2. The first kappa shape index (κ1) is 19.2. The molecule has 0 bridgehead atoms. The van der Waals surface area contributed by atoms with Gasteiger partial charge in [-0.25, -0.2) is 0 Å². The molecule has 2 atom stereocenters. The Morgan fingerprint density at radius 2 is 2.08 bits per heavy atom. The molecule has 3 rings (SSSR count). The summed E-state index contributed by atoms with van der Waals surface area (Å²) in [4.78, 5) is 14.6. The van der Waals surface area contributed by atoms with Crippen molar-refractivity contribution >= 4 is 18.3 Å². The Kier molecular flexibility index (Phi) is 7.08. The molecule has 1 aliphatic heterocycles. The average Bonchev–Trinajstić information content (AvgIpc) is 2.56. The fraction of sp³-hybridized carbons (Fsp3) is 0.632. The molecule has 1 unspecified atom stereocenters. The topological polar surface area (TPSA) is 44.4 Å². The van der Waals surface area contributed by atoms with Gasteiger partial charge in [-0.15, -0.1) is 12.4 Å². The summed E-state index contributed by atoms with van der Waals surface area (Å²) in [5.41, 5.74) is 4.20. The first-order valence-corrected chi connectivity index (χ1v) is 8.99. The van der Waals surface area contributed by atoms with Crippen LogP contribution in [-0.4, -0.2) is 43.0 Å². The average molecular weight is 352 g/mol. The van der Waals surface area contributed by atoms with Gasteiger partial charge in [0.15, 0.2) is 0 Å². The van der Waals surface area contributed by atoms with Crippen LogP contribution in [0.25, 0.3) is 0 Å². The Labute approximate surface area is 151 Å². The molecule has 0 spiro atoms. The number of amides is 1. The second kappa shape index (κ2) is 8.84. The molecule has 134 valence electrons. The summed E-state index contributed by atoms with van der Waals surface area (Å²) >= 11 is 0. The van der Waals surface area contributed by atoms with Gasteiger partial charge in [-0.3, -0.25) is 9.69 Å². The molecule has 24 heavy (non-hydrogen) atoms. The number of rotatable bonds is 4. The highest BCUT2D eigenvalue weighted by atomic mass is 35.5. The van der Waals surface area contributed by atoms with Crippen molar-refractivity contribution in [1.82, 2.24) is 15.5 Å². The maximum Gasteiger partial charge on any atom is 0.234 e. The van der Waals surface area contributed by atoms with Crippen molar-refractivity contribution in [1.29, 1.82) is 0 Å². The lowest BCUT2D eigenvalue weighted by Gasteiger charge is -2.33. The van der Waals surface area contributed by atoms with Crippen LogP contribution in [0.1, 0.15) is 49.4 Å². The highest BCUT2D eigenvalue weighted by Crippen LogP contribution is 2.24. The molecule has 0 radical (unpaired) electrons. The standard InChI is InChI=1S/C19H29N3O.ClH/c1-14-12-20-9-10-22(14)13-19(23)21-15(2)17-8-7-16-5-3-4-6-18(16)11-17;/h7-8,11,14-15,20H,3-6,9-10,12-13H2,1-2H3,(H,21,23);1H/t14-,15?;/m1./s1. The minimum atomic E-state index is 0. The van der Waals surface area contributed by atoms with Gasteiger partial charge in [-0.2, -0.15) is 0 Å². The highest BCUT2D eigenvalue weighted by Gasteiger charge is 2.21. The quantitative estimate of drug-likeness (QED) is 0.875. The summed E-state index contributed by atoms with van der Waals surface area (Å²) in [6.45, 7) is 7.64. The van der Waals surface area contributed by atoms with Gasteiger partial charge in [0, 0.05) is 25.7 Å². The minimum absolute atomic E-state index is 0. The van der Waals surface area contributed by atoms with Gasteiger partial charge in [-0.05, 0) is 56.2 Å². The van der Waals surface area contributed by atoms with Gasteiger partial charge in [0.25, 0.3) is 0 Å². The van der Waals surface area contributed by atoms with Gasteiger partial charge < -0.3 is 10.6 Å². The Morgan fingerprint density at radius 1 is 1.33 bits per heavy atom. The molecular formula is C19H30ClN3O. The van der Waals surface area contributed by atoms with Crippen LogP contribution < -0.4 is 10.6 Å². The summed E-state index contributed by atoms with van der Waals surface area (Å²) < 4.78 is 0. The summed E-state index contributed by atoms with van der Waals surface area (Å²) in [6.07, 6.45) is 4.99. The molecule has 4 nitrogen and oxygen atoms in total. The Hall–Kier alpha value is -1.10. The number of halogens is 1. The van der Waals surface area contributed by atoms with E-state index in [-0.39, 0.29) is 24.4 Å². The van der Waals surface area contributed by atoms with Gasteiger partial charge in [0.1, 0.15) is 0 Å². The van der Waals surface area contributed by atoms with Crippen molar-refractivity contribution in [3.63, 3.8) is 0 Å². The fourth-order valence-corrected chi connectivity index (χ4v) is 3.70. The van der Waals surface area contributed by atoms with Crippen molar-refractivity contribution in [2.45, 2.75) is 51.6 Å². The fourth-order valence-electron chi connectivity index (χ4n) is 3.70. The van der Waals surface area contributed by atoms with Crippen LogP contribution in [0.4, 0.5) is 0 Å². The second-order valence-corrected chi connectivity index (χ2v) is 7.05. The molecule has 1 saturated heterocycles. The number of fused-ring (bicyclic) bond motifs is 1. The molecule has 1 aromatic carbocycles. The third-order valence-electron chi connectivity index (χ3n) is 5.24. The van der Waals surface area contributed by atoms with E-state index in [1.807, 2.05) is 0 Å². The van der Waals surface area contributed by atoms with Crippen molar-refractivity contribution in [3.05, 3.63) is 34.9 Å². The minimum Gasteiger partial charge on any atom is -0.348 e. The Morgan fingerprint density at radius 3 is 2.83 bits per heavy atom. The van der Waals surface area contributed by atoms with Gasteiger partial charge in [-0.1, -0.05) is 18.2 Å². The molecule has 1 amide bonds. The number of hydrogen-bond acceptors (Lipinski definition) is 3. The third-order valence-corrected chi connectivity index (χ3v) is 5.24. The van der Waals surface area contributed by atoms with E-state index >= 15 is 0 Å². The van der Waals surface area contributed by atoms with Gasteiger partial charge in [0.05, 0.1) is 12.6 Å². The summed E-state index contributed by atoms with van der Waals surface area (Å²) in [5.74, 6) is 0.129. The van der Waals surface area contributed by atoms with E-state index in [1.54, 1.807) is 0 Å². The Bertz CT molecular complexity index is 564. The maximum absolute atomic E-state index is 12.4. The van der Waals surface area contributed by atoms with E-state index in [0.29, 0.717) is 12.6 Å². The van der Waals surface area contributed by atoms with Crippen molar-refractivity contribution in [2.75, 3.05) is 26.2 Å². The number of benzene rings is 1. The van der Waals surface area contributed by atoms with Gasteiger partial charge in [0.2, 0.25) is 5.91 Å². The van der Waals surface area contributed by atoms with Crippen molar-refractivity contribution in [3.8, 4) is 0 Å². The lowest BCUT2D eigenvalue weighted by Crippen LogP contribution is -2.52. The molecule has 0 saturated carbocycles. The van der Waals surface area contributed by atoms with Gasteiger partial charge >= 0.3 is 0 Å². The lowest BCUT2D eigenvalue weighted by molar-refractivity contribution is -0.123. The van der Waals surface area contributed by atoms with E-state index in [9.17, 15) is 4.79 Å². The number of hydrogen-bond donors (Lipinski definition) is 2. The first-order valence-electron chi connectivity index (χ1n) is 8.99. The SMILES string of the molecule is CC(NC(=O)CN1CCNC[C@H]1C)c1ccc2c(c1)CCCC2.Cl. The summed E-state index contributed by atoms with van der Waals surface area (Å²) in [7, 11) is 0. The predicted molar refractivity (Wildman–Crippen MR) is 101 cm³/mol. The predicted octanol–water partition coefficient (Wildman–Crippen LogP) is 2.46. The van der Waals surface area contributed by atoms with Crippen LogP contribution >= 0.6 is 12.4 Å².